The van der Waals surface area contributed by atoms with E-state index in [0.717, 1.165) is 11.6 Å². The lowest BCUT2D eigenvalue weighted by molar-refractivity contribution is -0.302. The van der Waals surface area contributed by atoms with E-state index in [4.69, 9.17) is 16.3 Å². The van der Waals surface area contributed by atoms with Gasteiger partial charge in [0.2, 0.25) is 6.10 Å². The van der Waals surface area contributed by atoms with Crippen molar-refractivity contribution in [2.75, 3.05) is 0 Å². The van der Waals surface area contributed by atoms with Crippen molar-refractivity contribution < 1.29 is 27.8 Å². The lowest BCUT2D eigenvalue weighted by atomic mass is 9.97. The van der Waals surface area contributed by atoms with Gasteiger partial charge in [-0.3, -0.25) is 0 Å². The summed E-state index contributed by atoms with van der Waals surface area (Å²) in [5, 5.41) is 11.3. The quantitative estimate of drug-likeness (QED) is 0.835. The third kappa shape index (κ3) is 3.64. The van der Waals surface area contributed by atoms with Gasteiger partial charge in [0.25, 0.3) is 0 Å². The number of carboxylic acid groups (broad SMARTS) is 1. The maximum atomic E-state index is 13.1. The van der Waals surface area contributed by atoms with Gasteiger partial charge in [-0.05, 0) is 35.8 Å². The van der Waals surface area contributed by atoms with Crippen molar-refractivity contribution in [1.29, 1.82) is 0 Å². The molecule has 1 aliphatic heterocycles. The van der Waals surface area contributed by atoms with E-state index < -0.39 is 23.8 Å². The Labute approximate surface area is 146 Å². The molecule has 0 bridgehead atoms. The van der Waals surface area contributed by atoms with Crippen molar-refractivity contribution in [3.05, 3.63) is 69.8 Å². The molecule has 0 spiro atoms. The fraction of sp³-hybridized carbons (Fsp3) is 0.167. The van der Waals surface area contributed by atoms with Crippen LogP contribution in [-0.4, -0.2) is 18.2 Å². The topological polar surface area (TPSA) is 49.4 Å². The predicted octanol–water partition coefficient (Wildman–Crippen LogP) is 3.39. The van der Waals surface area contributed by atoms with Crippen LogP contribution in [0.1, 0.15) is 16.7 Å². The molecule has 0 aromatic heterocycles. The maximum Gasteiger partial charge on any atom is 0.429 e. The fourth-order valence-corrected chi connectivity index (χ4v) is 2.86. The lowest BCUT2D eigenvalue weighted by Gasteiger charge is -2.29. The van der Waals surface area contributed by atoms with Crippen molar-refractivity contribution in [2.45, 2.75) is 18.7 Å². The Bertz CT molecular complexity index is 845. The van der Waals surface area contributed by atoms with Crippen LogP contribution < -0.4 is 9.84 Å². The first-order chi connectivity index (χ1) is 11.8. The van der Waals surface area contributed by atoms with Crippen molar-refractivity contribution in [3.8, 4) is 5.75 Å². The second-order valence-electron chi connectivity index (χ2n) is 5.57. The van der Waals surface area contributed by atoms with E-state index in [9.17, 15) is 23.1 Å². The van der Waals surface area contributed by atoms with Crippen molar-refractivity contribution in [1.82, 2.24) is 0 Å². The van der Waals surface area contributed by atoms with Gasteiger partial charge in [-0.1, -0.05) is 41.9 Å². The monoisotopic (exact) mass is 367 g/mol. The standard InChI is InChI=1S/C18H12ClF3O3/c19-14-8-12-7-13(17(23)24)16(18(20,21)22)25-15(12)9-11(14)6-10-4-2-1-3-5-10/h1-5,7-9,16H,6H2,(H,23,24)/p-1/t16-/m1/s1. The molecule has 1 atom stereocenters. The van der Waals surface area contributed by atoms with Gasteiger partial charge in [0, 0.05) is 16.2 Å². The van der Waals surface area contributed by atoms with E-state index in [1.165, 1.54) is 12.1 Å². The molecule has 3 rings (SSSR count). The molecule has 1 aliphatic rings. The highest BCUT2D eigenvalue weighted by molar-refractivity contribution is 6.31. The van der Waals surface area contributed by atoms with Gasteiger partial charge in [0.15, 0.2) is 0 Å². The molecule has 2 aromatic rings. The number of benzene rings is 2. The number of rotatable bonds is 3. The highest BCUT2D eigenvalue weighted by Crippen LogP contribution is 2.39. The molecule has 0 amide bonds. The zero-order chi connectivity index (χ0) is 18.2. The Hall–Kier alpha value is -2.47. The molecule has 0 N–H and O–H groups in total. The summed E-state index contributed by atoms with van der Waals surface area (Å²) in [4.78, 5) is 11.0. The normalized spacial score (nSPS) is 16.6. The van der Waals surface area contributed by atoms with Crippen LogP contribution >= 0.6 is 11.6 Å². The summed E-state index contributed by atoms with van der Waals surface area (Å²) < 4.78 is 44.2. The van der Waals surface area contributed by atoms with Crippen LogP contribution in [0.25, 0.3) is 6.08 Å². The molecule has 25 heavy (non-hydrogen) atoms. The molecule has 0 fully saturated rings. The summed E-state index contributed by atoms with van der Waals surface area (Å²) >= 11 is 6.19. The summed E-state index contributed by atoms with van der Waals surface area (Å²) in [6.45, 7) is 0. The first-order valence-corrected chi connectivity index (χ1v) is 7.66. The minimum Gasteiger partial charge on any atom is -0.545 e. The number of carbonyl (C=O) groups is 1. The van der Waals surface area contributed by atoms with Crippen LogP contribution in [0.5, 0.6) is 5.75 Å². The Morgan fingerprint density at radius 3 is 2.48 bits per heavy atom. The van der Waals surface area contributed by atoms with E-state index in [0.29, 0.717) is 17.0 Å². The van der Waals surface area contributed by atoms with Crippen LogP contribution in [-0.2, 0) is 11.2 Å². The van der Waals surface area contributed by atoms with Gasteiger partial charge in [-0.2, -0.15) is 13.2 Å². The van der Waals surface area contributed by atoms with Gasteiger partial charge >= 0.3 is 6.18 Å². The highest BCUT2D eigenvalue weighted by Gasteiger charge is 2.46. The van der Waals surface area contributed by atoms with E-state index in [2.05, 4.69) is 0 Å². The van der Waals surface area contributed by atoms with Gasteiger partial charge in [0.05, 0.1) is 5.97 Å². The summed E-state index contributed by atoms with van der Waals surface area (Å²) in [6.07, 6.45) is -6.15. The maximum absolute atomic E-state index is 13.1. The minimum atomic E-state index is -4.87. The third-order valence-electron chi connectivity index (χ3n) is 3.79. The second-order valence-corrected chi connectivity index (χ2v) is 5.98. The fourth-order valence-electron chi connectivity index (χ4n) is 2.62. The molecule has 0 aliphatic carbocycles. The molecule has 7 heteroatoms. The smallest absolute Gasteiger partial charge is 0.429 e. The molecule has 130 valence electrons. The molecule has 0 unspecified atom stereocenters. The number of alkyl halides is 3. The van der Waals surface area contributed by atoms with E-state index in [1.54, 1.807) is 0 Å². The minimum absolute atomic E-state index is 0.0670. The van der Waals surface area contributed by atoms with Crippen LogP contribution in [0.3, 0.4) is 0 Å². The van der Waals surface area contributed by atoms with Gasteiger partial charge in [-0.15, -0.1) is 0 Å². The number of halogens is 4. The lowest BCUT2D eigenvalue weighted by Crippen LogP contribution is -2.44. The first kappa shape index (κ1) is 17.4. The summed E-state index contributed by atoms with van der Waals surface area (Å²) in [7, 11) is 0. The summed E-state index contributed by atoms with van der Waals surface area (Å²) in [5.74, 6) is -2.00. The average Bonchev–Trinajstić information content (AvgIpc) is 2.54. The summed E-state index contributed by atoms with van der Waals surface area (Å²) in [6, 6.07) is 12.1. The van der Waals surface area contributed by atoms with Crippen molar-refractivity contribution in [2.24, 2.45) is 0 Å². The van der Waals surface area contributed by atoms with E-state index in [1.807, 2.05) is 30.3 Å². The van der Waals surface area contributed by atoms with E-state index >= 15 is 0 Å². The largest absolute Gasteiger partial charge is 0.545 e. The van der Waals surface area contributed by atoms with E-state index in [-0.39, 0.29) is 11.3 Å². The van der Waals surface area contributed by atoms with Crippen LogP contribution in [0, 0.1) is 0 Å². The predicted molar refractivity (Wildman–Crippen MR) is 84.2 cm³/mol. The molecule has 0 saturated heterocycles. The number of carbonyl (C=O) groups excluding carboxylic acids is 1. The van der Waals surface area contributed by atoms with Crippen LogP contribution in [0.2, 0.25) is 5.02 Å². The van der Waals surface area contributed by atoms with Gasteiger partial charge < -0.3 is 14.6 Å². The summed E-state index contributed by atoms with van der Waals surface area (Å²) in [5.41, 5.74) is 0.699. The average molecular weight is 368 g/mol. The zero-order valence-electron chi connectivity index (χ0n) is 12.6. The molecule has 3 nitrogen and oxygen atoms in total. The molecular weight excluding hydrogens is 357 g/mol. The Morgan fingerprint density at radius 2 is 1.88 bits per heavy atom. The number of aliphatic carboxylic acids is 1. The Balaban J connectivity index is 2.02. The van der Waals surface area contributed by atoms with Crippen molar-refractivity contribution >= 4 is 23.6 Å². The Kier molecular flexibility index (Phi) is 4.47. The SMILES string of the molecule is O=C([O-])C1=Cc2cc(Cl)c(Cc3ccccc3)cc2O[C@H]1C(F)(F)F. The molecule has 2 aromatic carbocycles. The molecular formula is C18H11ClF3O3-. The highest BCUT2D eigenvalue weighted by atomic mass is 35.5. The van der Waals surface area contributed by atoms with Crippen molar-refractivity contribution in [3.63, 3.8) is 0 Å². The van der Waals surface area contributed by atoms with Gasteiger partial charge in [-0.25, -0.2) is 0 Å². The molecule has 0 radical (unpaired) electrons. The number of hydrogen-bond donors (Lipinski definition) is 0. The first-order valence-electron chi connectivity index (χ1n) is 7.28. The molecule has 1 heterocycles. The number of hydrogen-bond acceptors (Lipinski definition) is 3. The second kappa shape index (κ2) is 6.44. The van der Waals surface area contributed by atoms with Crippen LogP contribution in [0.4, 0.5) is 13.2 Å². The molecule has 0 saturated carbocycles. The number of ether oxygens (including phenoxy) is 1. The zero-order valence-corrected chi connectivity index (χ0v) is 13.4. The third-order valence-corrected chi connectivity index (χ3v) is 4.14. The van der Waals surface area contributed by atoms with Crippen LogP contribution in [0.15, 0.2) is 48.0 Å². The number of carboxylic acids is 1. The number of fused-ring (bicyclic) bond motifs is 1. The Morgan fingerprint density at radius 1 is 1.20 bits per heavy atom. The van der Waals surface area contributed by atoms with Gasteiger partial charge in [0.1, 0.15) is 5.75 Å².